The largest absolute Gasteiger partial charge is 0.242 e. The third-order valence-corrected chi connectivity index (χ3v) is 3.30. The molecule has 0 atom stereocenters. The first-order valence-corrected chi connectivity index (χ1v) is 4.88. The molecule has 0 fully saturated rings. The number of hydrogen-bond donors (Lipinski definition) is 0. The number of sulfonamides is 1. The summed E-state index contributed by atoms with van der Waals surface area (Å²) in [7, 11) is -0.252. The maximum atomic E-state index is 11.4. The fourth-order valence-corrected chi connectivity index (χ4v) is 1.66. The maximum absolute atomic E-state index is 11.4. The molecule has 0 aliphatic rings. The molecule has 0 amide bonds. The Bertz CT molecular complexity index is 343. The van der Waals surface area contributed by atoms with E-state index in [1.54, 1.807) is 12.1 Å². The Balaban J connectivity index is 3.17. The highest BCUT2D eigenvalue weighted by molar-refractivity contribution is 7.89. The lowest BCUT2D eigenvalue weighted by Gasteiger charge is -2.10. The van der Waals surface area contributed by atoms with Gasteiger partial charge in [0.15, 0.2) is 0 Å². The van der Waals surface area contributed by atoms with Gasteiger partial charge in [-0.15, -0.1) is 0 Å². The van der Waals surface area contributed by atoms with Gasteiger partial charge in [0.05, 0.1) is 4.90 Å². The lowest BCUT2D eigenvalue weighted by atomic mass is 10.4. The number of rotatable bonds is 2. The van der Waals surface area contributed by atoms with Gasteiger partial charge >= 0.3 is 0 Å². The van der Waals surface area contributed by atoms with Crippen molar-refractivity contribution in [1.29, 1.82) is 0 Å². The van der Waals surface area contributed by atoms with Crippen LogP contribution in [0, 0.1) is 6.07 Å². The predicted molar refractivity (Wildman–Crippen MR) is 46.2 cm³/mol. The van der Waals surface area contributed by atoms with Gasteiger partial charge in [0, 0.05) is 14.1 Å². The molecule has 0 unspecified atom stereocenters. The highest BCUT2D eigenvalue weighted by Gasteiger charge is 2.15. The van der Waals surface area contributed by atoms with E-state index < -0.39 is 10.0 Å². The summed E-state index contributed by atoms with van der Waals surface area (Å²) in [6.07, 6.45) is 0. The predicted octanol–water partition coefficient (Wildman–Crippen LogP) is 0.737. The molecule has 0 aliphatic carbocycles. The van der Waals surface area contributed by atoms with Crippen LogP contribution in [0.4, 0.5) is 0 Å². The van der Waals surface area contributed by atoms with E-state index in [0.717, 1.165) is 0 Å². The van der Waals surface area contributed by atoms with Crippen molar-refractivity contribution in [2.75, 3.05) is 14.1 Å². The fourth-order valence-electron chi connectivity index (χ4n) is 0.754. The van der Waals surface area contributed by atoms with Crippen LogP contribution in [-0.4, -0.2) is 26.8 Å². The van der Waals surface area contributed by atoms with Gasteiger partial charge in [0.1, 0.15) is 0 Å². The van der Waals surface area contributed by atoms with Crippen LogP contribution in [0.5, 0.6) is 0 Å². The zero-order valence-corrected chi connectivity index (χ0v) is 7.80. The molecule has 0 saturated carbocycles. The zero-order valence-electron chi connectivity index (χ0n) is 6.98. The Morgan fingerprint density at radius 3 is 2.17 bits per heavy atom. The molecule has 1 aromatic carbocycles. The van der Waals surface area contributed by atoms with Crippen LogP contribution in [0.15, 0.2) is 29.2 Å². The van der Waals surface area contributed by atoms with E-state index >= 15 is 0 Å². The van der Waals surface area contributed by atoms with E-state index in [1.165, 1.54) is 30.5 Å². The van der Waals surface area contributed by atoms with E-state index in [4.69, 9.17) is 0 Å². The molecule has 0 bridgehead atoms. The molecule has 1 rings (SSSR count). The van der Waals surface area contributed by atoms with Crippen LogP contribution in [0.1, 0.15) is 0 Å². The Morgan fingerprint density at radius 2 is 1.75 bits per heavy atom. The van der Waals surface area contributed by atoms with Gasteiger partial charge in [-0.2, -0.15) is 0 Å². The van der Waals surface area contributed by atoms with Crippen molar-refractivity contribution in [2.45, 2.75) is 4.90 Å². The van der Waals surface area contributed by atoms with Crippen molar-refractivity contribution in [1.82, 2.24) is 4.31 Å². The first-order chi connectivity index (χ1) is 5.55. The number of hydrogen-bond acceptors (Lipinski definition) is 2. The third kappa shape index (κ3) is 1.65. The van der Waals surface area contributed by atoms with E-state index in [9.17, 15) is 8.42 Å². The molecule has 4 heteroatoms. The van der Waals surface area contributed by atoms with Crippen LogP contribution in [0.25, 0.3) is 0 Å². The van der Waals surface area contributed by atoms with E-state index in [-0.39, 0.29) is 0 Å². The van der Waals surface area contributed by atoms with Crippen LogP contribution < -0.4 is 0 Å². The number of benzene rings is 1. The first kappa shape index (κ1) is 9.22. The minimum atomic E-state index is -3.26. The van der Waals surface area contributed by atoms with Crippen molar-refractivity contribution in [3.63, 3.8) is 0 Å². The molecule has 0 saturated heterocycles. The van der Waals surface area contributed by atoms with Crippen LogP contribution >= 0.6 is 0 Å². The van der Waals surface area contributed by atoms with Crippen molar-refractivity contribution >= 4 is 10.0 Å². The van der Waals surface area contributed by atoms with Gasteiger partial charge in [-0.05, 0) is 18.2 Å². The average molecular weight is 184 g/mol. The SMILES string of the molecule is CN(C)S(=O)(=O)c1cc[c]cc1. The molecule has 3 nitrogen and oxygen atoms in total. The van der Waals surface area contributed by atoms with Gasteiger partial charge in [0.25, 0.3) is 0 Å². The zero-order chi connectivity index (χ0) is 9.19. The second-order valence-corrected chi connectivity index (χ2v) is 4.67. The average Bonchev–Trinajstić information content (AvgIpc) is 2.06. The monoisotopic (exact) mass is 184 g/mol. The van der Waals surface area contributed by atoms with Gasteiger partial charge < -0.3 is 0 Å². The molecule has 65 valence electrons. The molecule has 1 radical (unpaired) electrons. The highest BCUT2D eigenvalue weighted by atomic mass is 32.2. The lowest BCUT2D eigenvalue weighted by Crippen LogP contribution is -2.21. The van der Waals surface area contributed by atoms with E-state index in [0.29, 0.717) is 4.90 Å². The Hall–Kier alpha value is -0.870. The second-order valence-electron chi connectivity index (χ2n) is 2.52. The molecule has 0 aliphatic heterocycles. The minimum absolute atomic E-state index is 0.297. The normalized spacial score (nSPS) is 11.9. The quantitative estimate of drug-likeness (QED) is 0.679. The summed E-state index contributed by atoms with van der Waals surface area (Å²) in [6, 6.07) is 8.97. The molecule has 0 spiro atoms. The van der Waals surface area contributed by atoms with Crippen molar-refractivity contribution in [3.05, 3.63) is 30.3 Å². The van der Waals surface area contributed by atoms with Crippen molar-refractivity contribution in [2.24, 2.45) is 0 Å². The van der Waals surface area contributed by atoms with Gasteiger partial charge in [-0.25, -0.2) is 12.7 Å². The summed E-state index contributed by atoms with van der Waals surface area (Å²) in [5.74, 6) is 0. The van der Waals surface area contributed by atoms with Gasteiger partial charge in [0.2, 0.25) is 10.0 Å². The van der Waals surface area contributed by atoms with Gasteiger partial charge in [-0.1, -0.05) is 12.1 Å². The van der Waals surface area contributed by atoms with Crippen LogP contribution in [0.3, 0.4) is 0 Å². The Labute approximate surface area is 72.7 Å². The van der Waals surface area contributed by atoms with Gasteiger partial charge in [-0.3, -0.25) is 0 Å². The topological polar surface area (TPSA) is 37.4 Å². The van der Waals surface area contributed by atoms with E-state index in [2.05, 4.69) is 6.07 Å². The van der Waals surface area contributed by atoms with E-state index in [1.807, 2.05) is 0 Å². The lowest BCUT2D eigenvalue weighted by molar-refractivity contribution is 0.521. The molecule has 0 N–H and O–H groups in total. The standard InChI is InChI=1S/C8H10NO2S/c1-9(2)12(10,11)8-6-4-3-5-7-8/h4-7H,1-2H3. The summed E-state index contributed by atoms with van der Waals surface area (Å²) in [6.45, 7) is 0. The maximum Gasteiger partial charge on any atom is 0.242 e. The van der Waals surface area contributed by atoms with Crippen LogP contribution in [-0.2, 0) is 10.0 Å². The summed E-state index contributed by atoms with van der Waals surface area (Å²) < 4.78 is 24.1. The van der Waals surface area contributed by atoms with Crippen LogP contribution in [0.2, 0.25) is 0 Å². The smallest absolute Gasteiger partial charge is 0.207 e. The Morgan fingerprint density at radius 1 is 1.25 bits per heavy atom. The fraction of sp³-hybridized carbons (Fsp3) is 0.250. The summed E-state index contributed by atoms with van der Waals surface area (Å²) in [5.41, 5.74) is 0. The number of nitrogens with zero attached hydrogens (tertiary/aromatic N) is 1. The summed E-state index contributed by atoms with van der Waals surface area (Å²) >= 11 is 0. The minimum Gasteiger partial charge on any atom is -0.207 e. The molecule has 1 aromatic rings. The molecular weight excluding hydrogens is 174 g/mol. The van der Waals surface area contributed by atoms with Crippen molar-refractivity contribution in [3.8, 4) is 0 Å². The molecule has 0 aromatic heterocycles. The Kier molecular flexibility index (Phi) is 2.49. The molecule has 12 heavy (non-hydrogen) atoms. The third-order valence-electron chi connectivity index (χ3n) is 1.47. The second kappa shape index (κ2) is 3.25. The van der Waals surface area contributed by atoms with Crippen molar-refractivity contribution < 1.29 is 8.42 Å². The first-order valence-electron chi connectivity index (χ1n) is 3.44. The highest BCUT2D eigenvalue weighted by Crippen LogP contribution is 2.10. The summed E-state index contributed by atoms with van der Waals surface area (Å²) in [4.78, 5) is 0.297. The molecule has 0 heterocycles. The summed E-state index contributed by atoms with van der Waals surface area (Å²) in [5, 5.41) is 0. The molecular formula is C8H10NO2S.